The van der Waals surface area contributed by atoms with Crippen LogP contribution in [0.5, 0.6) is 0 Å². The summed E-state index contributed by atoms with van der Waals surface area (Å²) in [7, 11) is 1.80. The summed E-state index contributed by atoms with van der Waals surface area (Å²) in [4.78, 5) is 27.0. The van der Waals surface area contributed by atoms with Crippen molar-refractivity contribution in [3.63, 3.8) is 0 Å². The lowest BCUT2D eigenvalue weighted by Gasteiger charge is -2.15. The van der Waals surface area contributed by atoms with Gasteiger partial charge in [0, 0.05) is 38.7 Å². The Kier molecular flexibility index (Phi) is 3.97. The third kappa shape index (κ3) is 2.88. The van der Waals surface area contributed by atoms with Crippen LogP contribution in [0.3, 0.4) is 0 Å². The summed E-state index contributed by atoms with van der Waals surface area (Å²) >= 11 is 0. The van der Waals surface area contributed by atoms with Crippen LogP contribution in [0.4, 0.5) is 4.79 Å². The highest BCUT2D eigenvalue weighted by Gasteiger charge is 2.24. The molecule has 1 aliphatic rings. The number of amides is 2. The summed E-state index contributed by atoms with van der Waals surface area (Å²) in [6.07, 6.45) is 1.23. The number of ketones is 1. The van der Waals surface area contributed by atoms with Crippen LogP contribution in [0, 0.1) is 0 Å². The van der Waals surface area contributed by atoms with E-state index < -0.39 is 0 Å². The van der Waals surface area contributed by atoms with Crippen LogP contribution < -0.4 is 0 Å². The molecule has 0 unspecified atom stereocenters. The molecule has 0 aliphatic carbocycles. The van der Waals surface area contributed by atoms with E-state index in [1.54, 1.807) is 16.8 Å². The molecule has 1 aliphatic heterocycles. The molecule has 1 fully saturated rings. The Hall–Kier alpha value is -1.84. The maximum Gasteiger partial charge on any atom is 0.319 e. The van der Waals surface area contributed by atoms with Gasteiger partial charge in [-0.25, -0.2) is 4.79 Å². The lowest BCUT2D eigenvalue weighted by atomic mass is 10.1. The second kappa shape index (κ2) is 5.67. The molecule has 0 aromatic heterocycles. The van der Waals surface area contributed by atoms with Crippen LogP contribution in [0.1, 0.15) is 23.2 Å². The van der Waals surface area contributed by atoms with E-state index in [9.17, 15) is 9.59 Å². The van der Waals surface area contributed by atoms with Gasteiger partial charge in [0.25, 0.3) is 0 Å². The summed E-state index contributed by atoms with van der Waals surface area (Å²) in [5.74, 6) is 0.149. The first-order valence-electron chi connectivity index (χ1n) is 6.27. The zero-order chi connectivity index (χ0) is 13.0. The summed E-state index contributed by atoms with van der Waals surface area (Å²) in [5, 5.41) is 0. The Labute approximate surface area is 107 Å². The highest BCUT2D eigenvalue weighted by Crippen LogP contribution is 2.09. The number of urea groups is 1. The van der Waals surface area contributed by atoms with Crippen molar-refractivity contribution in [1.82, 2.24) is 9.80 Å². The quantitative estimate of drug-likeness (QED) is 0.746. The molecule has 1 aromatic rings. The molecular formula is C14H18N2O2. The fourth-order valence-electron chi connectivity index (χ4n) is 2.11. The lowest BCUT2D eigenvalue weighted by molar-refractivity contribution is 0.0976. The molecule has 0 saturated carbocycles. The first-order valence-corrected chi connectivity index (χ1v) is 6.27. The van der Waals surface area contributed by atoms with E-state index in [4.69, 9.17) is 0 Å². The molecule has 2 amide bonds. The SMILES string of the molecule is CN1CCN(CCCC(=O)c2ccccc2)C1=O. The van der Waals surface area contributed by atoms with Crippen LogP contribution in [0.25, 0.3) is 0 Å². The number of rotatable bonds is 5. The van der Waals surface area contributed by atoms with Crippen molar-refractivity contribution in [1.29, 1.82) is 0 Å². The van der Waals surface area contributed by atoms with Crippen molar-refractivity contribution in [3.05, 3.63) is 35.9 Å². The van der Waals surface area contributed by atoms with E-state index in [0.29, 0.717) is 13.0 Å². The maximum absolute atomic E-state index is 11.9. The van der Waals surface area contributed by atoms with E-state index >= 15 is 0 Å². The Morgan fingerprint density at radius 3 is 2.56 bits per heavy atom. The van der Waals surface area contributed by atoms with E-state index in [-0.39, 0.29) is 11.8 Å². The van der Waals surface area contributed by atoms with Gasteiger partial charge in [0.15, 0.2) is 5.78 Å². The van der Waals surface area contributed by atoms with Gasteiger partial charge >= 0.3 is 6.03 Å². The number of likely N-dealkylation sites (N-methyl/N-ethyl adjacent to an activating group) is 1. The van der Waals surface area contributed by atoms with Crippen LogP contribution >= 0.6 is 0 Å². The van der Waals surface area contributed by atoms with Crippen molar-refractivity contribution in [2.45, 2.75) is 12.8 Å². The number of hydrogen-bond donors (Lipinski definition) is 0. The average molecular weight is 246 g/mol. The molecule has 4 heteroatoms. The van der Waals surface area contributed by atoms with E-state index in [1.165, 1.54) is 0 Å². The largest absolute Gasteiger partial charge is 0.326 e. The van der Waals surface area contributed by atoms with Gasteiger partial charge in [-0.2, -0.15) is 0 Å². The number of benzene rings is 1. The molecular weight excluding hydrogens is 228 g/mol. The number of nitrogens with zero attached hydrogens (tertiary/aromatic N) is 2. The van der Waals surface area contributed by atoms with Gasteiger partial charge in [-0.3, -0.25) is 4.79 Å². The van der Waals surface area contributed by atoms with Crippen LogP contribution in [-0.2, 0) is 0 Å². The molecule has 1 saturated heterocycles. The molecule has 0 radical (unpaired) electrons. The summed E-state index contributed by atoms with van der Waals surface area (Å²) in [6, 6.07) is 9.37. The van der Waals surface area contributed by atoms with Gasteiger partial charge in [0.05, 0.1) is 0 Å². The molecule has 0 spiro atoms. The Balaban J connectivity index is 1.76. The number of carbonyl (C=O) groups excluding carboxylic acids is 2. The molecule has 0 N–H and O–H groups in total. The molecule has 1 heterocycles. The molecule has 96 valence electrons. The summed E-state index contributed by atoms with van der Waals surface area (Å²) in [5.41, 5.74) is 0.752. The van der Waals surface area contributed by atoms with Gasteiger partial charge in [-0.15, -0.1) is 0 Å². The molecule has 0 atom stereocenters. The average Bonchev–Trinajstić information content (AvgIpc) is 2.71. The molecule has 18 heavy (non-hydrogen) atoms. The molecule has 1 aromatic carbocycles. The fraction of sp³-hybridized carbons (Fsp3) is 0.429. The van der Waals surface area contributed by atoms with Crippen molar-refractivity contribution in [3.8, 4) is 0 Å². The van der Waals surface area contributed by atoms with Gasteiger partial charge < -0.3 is 9.80 Å². The second-order valence-electron chi connectivity index (χ2n) is 4.58. The topological polar surface area (TPSA) is 40.6 Å². The van der Waals surface area contributed by atoms with E-state index in [1.807, 2.05) is 30.3 Å². The zero-order valence-corrected chi connectivity index (χ0v) is 10.6. The highest BCUT2D eigenvalue weighted by molar-refractivity contribution is 5.95. The predicted octanol–water partition coefficient (Wildman–Crippen LogP) is 2.02. The molecule has 0 bridgehead atoms. The standard InChI is InChI=1S/C14H18N2O2/c1-15-10-11-16(14(15)18)9-5-8-13(17)12-6-3-2-4-7-12/h2-4,6-7H,5,8-11H2,1H3. The normalized spacial score (nSPS) is 15.3. The first-order chi connectivity index (χ1) is 8.68. The monoisotopic (exact) mass is 246 g/mol. The smallest absolute Gasteiger partial charge is 0.319 e. The minimum Gasteiger partial charge on any atom is -0.326 e. The van der Waals surface area contributed by atoms with Gasteiger partial charge in [-0.05, 0) is 6.42 Å². The lowest BCUT2D eigenvalue weighted by Crippen LogP contribution is -2.30. The van der Waals surface area contributed by atoms with Crippen LogP contribution in [0.15, 0.2) is 30.3 Å². The van der Waals surface area contributed by atoms with Crippen molar-refractivity contribution in [2.75, 3.05) is 26.7 Å². The summed E-state index contributed by atoms with van der Waals surface area (Å²) < 4.78 is 0. The Morgan fingerprint density at radius 1 is 1.22 bits per heavy atom. The van der Waals surface area contributed by atoms with Crippen LogP contribution in [0.2, 0.25) is 0 Å². The van der Waals surface area contributed by atoms with Crippen molar-refractivity contribution < 1.29 is 9.59 Å². The highest BCUT2D eigenvalue weighted by atomic mass is 16.2. The second-order valence-corrected chi connectivity index (χ2v) is 4.58. The summed E-state index contributed by atoms with van der Waals surface area (Å²) in [6.45, 7) is 2.22. The molecule has 2 rings (SSSR count). The van der Waals surface area contributed by atoms with Gasteiger partial charge in [-0.1, -0.05) is 30.3 Å². The minimum atomic E-state index is 0.0714. The number of hydrogen-bond acceptors (Lipinski definition) is 2. The first kappa shape index (κ1) is 12.6. The van der Waals surface area contributed by atoms with E-state index in [2.05, 4.69) is 0 Å². The van der Waals surface area contributed by atoms with Crippen molar-refractivity contribution in [2.24, 2.45) is 0 Å². The van der Waals surface area contributed by atoms with Crippen molar-refractivity contribution >= 4 is 11.8 Å². The Bertz CT molecular complexity index is 431. The van der Waals surface area contributed by atoms with Gasteiger partial charge in [0.1, 0.15) is 0 Å². The molecule has 4 nitrogen and oxygen atoms in total. The third-order valence-corrected chi connectivity index (χ3v) is 3.23. The zero-order valence-electron chi connectivity index (χ0n) is 10.6. The van der Waals surface area contributed by atoms with Crippen LogP contribution in [-0.4, -0.2) is 48.3 Å². The third-order valence-electron chi connectivity index (χ3n) is 3.23. The maximum atomic E-state index is 11.9. The number of Topliss-reactive ketones (excluding diaryl/α,β-unsaturated/α-hetero) is 1. The minimum absolute atomic E-state index is 0.0714. The fourth-order valence-corrected chi connectivity index (χ4v) is 2.11. The van der Waals surface area contributed by atoms with E-state index in [0.717, 1.165) is 25.1 Å². The number of carbonyl (C=O) groups is 2. The van der Waals surface area contributed by atoms with Gasteiger partial charge in [0.2, 0.25) is 0 Å². The predicted molar refractivity (Wildman–Crippen MR) is 69.6 cm³/mol. The Morgan fingerprint density at radius 2 is 1.94 bits per heavy atom.